The second-order valence-electron chi connectivity index (χ2n) is 21.7. The standard InChI is InChI=1S/C53H73N8O19P3S/c1-51(2,31-77-83(74,75)80-82(72,73)76-30-40-44(79-81(69,70)71)43(64)49(78-40)61-33-59-42-46(54)57-32-58-47(42)61)45(65)48(66)56-24-21-41(63)55-25-29-84-50(67)52(3,4)35-19-17-34(18-20-35)39(62)16-11-26-60-27-22-38(23-28-60)53(68,36-12-7-5-8-13-36)37-14-9-6-10-15-37/h5-10,12-15,17-20,32-33,38-40,43-45,49,62,64-65,68H,11,16,21-31H2,1-4H3,(H,55,63)(H,56,66)(H,72,73)(H,74,75)(H2,54,57,58)(H2,69,70,71). The Hall–Kier alpha value is -4.90. The summed E-state index contributed by atoms with van der Waals surface area (Å²) in [4.78, 5) is 92.7. The van der Waals surface area contributed by atoms with Crippen LogP contribution in [0.15, 0.2) is 97.6 Å². The predicted octanol–water partition coefficient (Wildman–Crippen LogP) is 4.10. The van der Waals surface area contributed by atoms with Crippen molar-refractivity contribution in [2.75, 3.05) is 57.4 Å². The summed E-state index contributed by atoms with van der Waals surface area (Å²) in [6.45, 7) is 6.41. The molecule has 31 heteroatoms. The molecule has 2 aliphatic rings. The zero-order valence-electron chi connectivity index (χ0n) is 46.6. The number of benzene rings is 3. The van der Waals surface area contributed by atoms with Gasteiger partial charge in [-0.05, 0) is 87.3 Å². The summed E-state index contributed by atoms with van der Waals surface area (Å²) in [5.74, 6) is -1.23. The molecule has 4 heterocycles. The lowest BCUT2D eigenvalue weighted by molar-refractivity contribution is -0.137. The summed E-state index contributed by atoms with van der Waals surface area (Å²) in [7, 11) is -16.5. The van der Waals surface area contributed by atoms with Gasteiger partial charge in [0.1, 0.15) is 41.9 Å². The van der Waals surface area contributed by atoms with Crippen molar-refractivity contribution in [2.24, 2.45) is 11.3 Å². The first-order chi connectivity index (χ1) is 39.5. The van der Waals surface area contributed by atoms with Crippen LogP contribution < -0.4 is 16.4 Å². The van der Waals surface area contributed by atoms with Crippen molar-refractivity contribution in [3.05, 3.63) is 120 Å². The molecule has 0 radical (unpaired) electrons. The summed E-state index contributed by atoms with van der Waals surface area (Å²) in [6, 6.07) is 27.0. The molecule has 0 spiro atoms. The number of aromatic nitrogens is 4. The van der Waals surface area contributed by atoms with Crippen molar-refractivity contribution in [3.8, 4) is 0 Å². The van der Waals surface area contributed by atoms with Crippen LogP contribution in [-0.2, 0) is 61.7 Å². The Bertz CT molecular complexity index is 3130. The van der Waals surface area contributed by atoms with Gasteiger partial charge in [-0.1, -0.05) is 111 Å². The number of amides is 2. The van der Waals surface area contributed by atoms with Crippen LogP contribution in [0.2, 0.25) is 0 Å². The van der Waals surface area contributed by atoms with Crippen molar-refractivity contribution < 1.29 is 90.7 Å². The third-order valence-corrected chi connectivity index (χ3v) is 19.1. The van der Waals surface area contributed by atoms with E-state index in [4.69, 9.17) is 19.5 Å². The number of carbonyl (C=O) groups excluding carboxylic acids is 3. The number of hydrogen-bond donors (Lipinski definition) is 11. The number of anilines is 1. The van der Waals surface area contributed by atoms with E-state index in [0.717, 1.165) is 90.1 Å². The number of rotatable bonds is 29. The minimum absolute atomic E-state index is 0.0217. The highest BCUT2D eigenvalue weighted by molar-refractivity contribution is 8.13. The van der Waals surface area contributed by atoms with Crippen LogP contribution in [0.25, 0.3) is 11.2 Å². The average Bonchev–Trinajstić information content (AvgIpc) is 3.49. The Morgan fingerprint density at radius 3 is 2.07 bits per heavy atom. The second kappa shape index (κ2) is 28.3. The number of likely N-dealkylation sites (tertiary alicyclic amines) is 1. The Balaban J connectivity index is 0.770. The van der Waals surface area contributed by atoms with E-state index >= 15 is 0 Å². The van der Waals surface area contributed by atoms with Gasteiger partial charge in [0.15, 0.2) is 22.8 Å². The van der Waals surface area contributed by atoms with Gasteiger partial charge in [0, 0.05) is 30.7 Å². The first kappa shape index (κ1) is 66.6. The van der Waals surface area contributed by atoms with E-state index in [2.05, 4.69) is 39.3 Å². The molecular weight excluding hydrogens is 1180 g/mol. The molecule has 3 aromatic carbocycles. The van der Waals surface area contributed by atoms with Crippen LogP contribution in [0, 0.1) is 11.3 Å². The molecule has 460 valence electrons. The quantitative estimate of drug-likeness (QED) is 0.0237. The summed E-state index contributed by atoms with van der Waals surface area (Å²) >= 11 is 1.04. The molecule has 2 amide bonds. The highest BCUT2D eigenvalue weighted by Gasteiger charge is 2.51. The van der Waals surface area contributed by atoms with E-state index in [1.54, 1.807) is 13.8 Å². The average molecular weight is 1250 g/mol. The predicted molar refractivity (Wildman–Crippen MR) is 306 cm³/mol. The lowest BCUT2D eigenvalue weighted by Crippen LogP contribution is -2.46. The van der Waals surface area contributed by atoms with Gasteiger partial charge in [0.2, 0.25) is 11.8 Å². The van der Waals surface area contributed by atoms with Crippen LogP contribution in [0.3, 0.4) is 0 Å². The number of fused-ring (bicyclic) bond motifs is 1. The Labute approximate surface area is 489 Å². The Morgan fingerprint density at radius 1 is 0.833 bits per heavy atom. The number of aliphatic hydroxyl groups is 4. The summed E-state index contributed by atoms with van der Waals surface area (Å²) in [5.41, 5.74) is 5.54. The lowest BCUT2D eigenvalue weighted by Gasteiger charge is -2.42. The number of carbonyl (C=O) groups is 3. The molecule has 27 nitrogen and oxygen atoms in total. The number of imidazole rings is 1. The normalized spacial score (nSPS) is 20.7. The maximum Gasteiger partial charge on any atom is 0.481 e. The van der Waals surface area contributed by atoms with Gasteiger partial charge in [-0.2, -0.15) is 4.31 Å². The maximum absolute atomic E-state index is 13.4. The van der Waals surface area contributed by atoms with Gasteiger partial charge in [0.25, 0.3) is 0 Å². The number of ether oxygens (including phenoxy) is 1. The van der Waals surface area contributed by atoms with Crippen molar-refractivity contribution in [3.63, 3.8) is 0 Å². The molecule has 0 saturated carbocycles. The molecule has 84 heavy (non-hydrogen) atoms. The fourth-order valence-corrected chi connectivity index (χ4v) is 13.7. The summed E-state index contributed by atoms with van der Waals surface area (Å²) in [5, 5.41) is 50.0. The van der Waals surface area contributed by atoms with E-state index in [1.165, 1.54) is 13.8 Å². The van der Waals surface area contributed by atoms with Crippen LogP contribution in [0.4, 0.5) is 5.82 Å². The van der Waals surface area contributed by atoms with E-state index < -0.39 is 102 Å². The summed E-state index contributed by atoms with van der Waals surface area (Å²) < 4.78 is 62.8. The largest absolute Gasteiger partial charge is 0.481 e. The first-order valence-corrected chi connectivity index (χ1v) is 32.4. The molecule has 8 unspecified atom stereocenters. The van der Waals surface area contributed by atoms with Crippen LogP contribution >= 0.6 is 35.2 Å². The number of nitrogens with two attached hydrogens (primary N) is 1. The molecule has 5 aromatic rings. The van der Waals surface area contributed by atoms with Crippen molar-refractivity contribution >= 4 is 69.1 Å². The van der Waals surface area contributed by atoms with E-state index in [9.17, 15) is 68.1 Å². The SMILES string of the molecule is CC(C)(C(=O)SCCNC(=O)CCNC(=O)C(O)C(C)(C)COP(=O)(O)OP(=O)(O)OCC1OC(n2cnc3c(N)ncnc32)C(O)C1OP(=O)(O)O)c1ccc(C(O)CCCN2CCC(C(O)(c3ccccc3)c3ccccc3)CC2)cc1. The number of phosphoric acid groups is 3. The molecule has 0 bridgehead atoms. The smallest absolute Gasteiger partial charge is 0.388 e. The van der Waals surface area contributed by atoms with Crippen molar-refractivity contribution in [1.29, 1.82) is 0 Å². The van der Waals surface area contributed by atoms with Crippen molar-refractivity contribution in [1.82, 2.24) is 35.1 Å². The molecular formula is C53H73N8O19P3S. The van der Waals surface area contributed by atoms with Gasteiger partial charge in [0.05, 0.1) is 31.1 Å². The van der Waals surface area contributed by atoms with Crippen molar-refractivity contribution in [2.45, 2.75) is 108 Å². The molecule has 2 aliphatic heterocycles. The molecule has 0 aliphatic carbocycles. The zero-order chi connectivity index (χ0) is 61.3. The highest BCUT2D eigenvalue weighted by Crippen LogP contribution is 2.61. The topological polar surface area (TPSA) is 407 Å². The Kier molecular flexibility index (Phi) is 22.4. The minimum Gasteiger partial charge on any atom is -0.388 e. The molecule has 2 aromatic heterocycles. The van der Waals surface area contributed by atoms with E-state index in [1.807, 2.05) is 84.9 Å². The third kappa shape index (κ3) is 17.2. The number of nitrogens with zero attached hydrogens (tertiary/aromatic N) is 5. The molecule has 12 N–H and O–H groups in total. The number of phosphoric ester groups is 3. The third-order valence-electron chi connectivity index (χ3n) is 14.8. The zero-order valence-corrected chi connectivity index (χ0v) is 50.1. The van der Waals surface area contributed by atoms with Crippen LogP contribution in [0.1, 0.15) is 94.4 Å². The summed E-state index contributed by atoms with van der Waals surface area (Å²) in [6.07, 6.45) is -4.77. The highest BCUT2D eigenvalue weighted by atomic mass is 32.2. The fourth-order valence-electron chi connectivity index (χ4n) is 9.97. The second-order valence-corrected chi connectivity index (χ2v) is 27.0. The van der Waals surface area contributed by atoms with Gasteiger partial charge in [-0.25, -0.2) is 28.6 Å². The van der Waals surface area contributed by atoms with Gasteiger partial charge < -0.3 is 66.0 Å². The fraction of sp³-hybridized carbons (Fsp3) is 0.509. The monoisotopic (exact) mass is 1250 g/mol. The number of aliphatic hydroxyl groups excluding tert-OH is 3. The molecule has 8 atom stereocenters. The molecule has 2 saturated heterocycles. The number of nitrogen functional groups attached to an aromatic ring is 1. The van der Waals surface area contributed by atoms with Crippen LogP contribution in [0.5, 0.6) is 0 Å². The van der Waals surface area contributed by atoms with Gasteiger partial charge in [-0.15, -0.1) is 0 Å². The molecule has 7 rings (SSSR count). The van der Waals surface area contributed by atoms with Gasteiger partial charge in [-0.3, -0.25) is 32.5 Å². The van der Waals surface area contributed by atoms with E-state index in [0.29, 0.717) is 6.42 Å². The number of piperidine rings is 1. The number of nitrogens with one attached hydrogen (secondary N) is 2. The minimum atomic E-state index is -5.61. The van der Waals surface area contributed by atoms with Gasteiger partial charge >= 0.3 is 23.5 Å². The Morgan fingerprint density at radius 2 is 1.45 bits per heavy atom. The number of thioether (sulfide) groups is 1. The van der Waals surface area contributed by atoms with Crippen LogP contribution in [-0.4, -0.2) is 157 Å². The number of hydrogen-bond acceptors (Lipinski definition) is 21. The molecule has 2 fully saturated rings. The van der Waals surface area contributed by atoms with E-state index in [-0.39, 0.29) is 53.3 Å². The first-order valence-electron chi connectivity index (χ1n) is 26.9. The maximum atomic E-state index is 13.4. The lowest BCUT2D eigenvalue weighted by atomic mass is 9.72.